The zero-order valence-electron chi connectivity index (χ0n) is 8.32. The van der Waals surface area contributed by atoms with Crippen molar-refractivity contribution in [2.24, 2.45) is 11.7 Å². The second kappa shape index (κ2) is 4.14. The second-order valence-electron chi connectivity index (χ2n) is 3.89. The molecule has 2 rings (SSSR count). The van der Waals surface area contributed by atoms with Gasteiger partial charge < -0.3 is 20.3 Å². The average molecular weight is 199 g/mol. The first-order valence-electron chi connectivity index (χ1n) is 5.13. The van der Waals surface area contributed by atoms with Crippen LogP contribution in [0.2, 0.25) is 0 Å². The summed E-state index contributed by atoms with van der Waals surface area (Å²) in [6.07, 6.45) is 0. The molecule has 2 fully saturated rings. The monoisotopic (exact) mass is 199 g/mol. The van der Waals surface area contributed by atoms with Crippen LogP contribution in [0.3, 0.4) is 0 Å². The molecular formula is C9H17N3O2. The largest absolute Gasteiger partial charge is 0.378 e. The number of nitrogens with two attached hydrogens (primary N) is 1. The molecule has 2 heterocycles. The minimum atomic E-state index is 0.151. The number of rotatable bonds is 1. The van der Waals surface area contributed by atoms with E-state index in [4.69, 9.17) is 10.5 Å². The minimum Gasteiger partial charge on any atom is -0.378 e. The maximum atomic E-state index is 11.8. The molecule has 0 radical (unpaired) electrons. The van der Waals surface area contributed by atoms with E-state index in [2.05, 4.69) is 0 Å². The van der Waals surface area contributed by atoms with Gasteiger partial charge in [0.2, 0.25) is 0 Å². The van der Waals surface area contributed by atoms with E-state index in [-0.39, 0.29) is 6.03 Å². The molecule has 5 heteroatoms. The fraction of sp³-hybridized carbons (Fsp3) is 0.889. The Hall–Kier alpha value is -0.810. The summed E-state index contributed by atoms with van der Waals surface area (Å²) in [5, 5.41) is 0. The van der Waals surface area contributed by atoms with Crippen LogP contribution in [-0.2, 0) is 4.74 Å². The predicted octanol–water partition coefficient (Wildman–Crippen LogP) is -0.671. The van der Waals surface area contributed by atoms with Crippen LogP contribution in [0.15, 0.2) is 0 Å². The summed E-state index contributed by atoms with van der Waals surface area (Å²) >= 11 is 0. The Morgan fingerprint density at radius 3 is 2.50 bits per heavy atom. The quantitative estimate of drug-likeness (QED) is 0.609. The lowest BCUT2D eigenvalue weighted by atomic mass is 10.0. The van der Waals surface area contributed by atoms with Gasteiger partial charge >= 0.3 is 6.03 Å². The number of urea groups is 1. The topological polar surface area (TPSA) is 58.8 Å². The van der Waals surface area contributed by atoms with Crippen molar-refractivity contribution >= 4 is 6.03 Å². The van der Waals surface area contributed by atoms with Crippen molar-refractivity contribution in [1.29, 1.82) is 0 Å². The van der Waals surface area contributed by atoms with Gasteiger partial charge in [0.1, 0.15) is 0 Å². The molecule has 0 bridgehead atoms. The van der Waals surface area contributed by atoms with Gasteiger partial charge in [-0.1, -0.05) is 0 Å². The van der Waals surface area contributed by atoms with Crippen LogP contribution in [0.5, 0.6) is 0 Å². The van der Waals surface area contributed by atoms with E-state index in [0.29, 0.717) is 25.7 Å². The standard InChI is InChI=1S/C9H17N3O2/c10-5-8-6-12(7-8)9(13)11-1-3-14-4-2-11/h8H,1-7,10H2. The first kappa shape index (κ1) is 9.73. The Morgan fingerprint density at radius 1 is 1.29 bits per heavy atom. The van der Waals surface area contributed by atoms with Crippen LogP contribution < -0.4 is 5.73 Å². The van der Waals surface area contributed by atoms with Crippen LogP contribution in [-0.4, -0.2) is 61.8 Å². The molecule has 14 heavy (non-hydrogen) atoms. The third-order valence-corrected chi connectivity index (χ3v) is 2.84. The highest BCUT2D eigenvalue weighted by molar-refractivity contribution is 5.75. The van der Waals surface area contributed by atoms with Crippen molar-refractivity contribution in [2.45, 2.75) is 0 Å². The van der Waals surface area contributed by atoms with E-state index in [1.807, 2.05) is 9.80 Å². The zero-order valence-corrected chi connectivity index (χ0v) is 8.32. The lowest BCUT2D eigenvalue weighted by Gasteiger charge is -2.42. The van der Waals surface area contributed by atoms with Crippen LogP contribution in [0.1, 0.15) is 0 Å². The molecule has 0 saturated carbocycles. The van der Waals surface area contributed by atoms with Crippen LogP contribution in [0, 0.1) is 5.92 Å². The van der Waals surface area contributed by atoms with Gasteiger partial charge in [0.25, 0.3) is 0 Å². The number of carbonyl (C=O) groups excluding carboxylic acids is 1. The summed E-state index contributed by atoms with van der Waals surface area (Å²) in [7, 11) is 0. The maximum Gasteiger partial charge on any atom is 0.320 e. The Labute approximate surface area is 83.8 Å². The number of hydrogen-bond acceptors (Lipinski definition) is 3. The first-order chi connectivity index (χ1) is 6.81. The third kappa shape index (κ3) is 1.83. The van der Waals surface area contributed by atoms with Crippen LogP contribution in [0.25, 0.3) is 0 Å². The highest BCUT2D eigenvalue weighted by atomic mass is 16.5. The smallest absolute Gasteiger partial charge is 0.320 e. The fourth-order valence-corrected chi connectivity index (χ4v) is 1.83. The number of carbonyl (C=O) groups is 1. The van der Waals surface area contributed by atoms with Crippen molar-refractivity contribution in [2.75, 3.05) is 45.9 Å². The van der Waals surface area contributed by atoms with E-state index in [0.717, 1.165) is 26.2 Å². The summed E-state index contributed by atoms with van der Waals surface area (Å²) in [6.45, 7) is 5.12. The number of nitrogens with zero attached hydrogens (tertiary/aromatic N) is 2. The number of likely N-dealkylation sites (tertiary alicyclic amines) is 1. The molecule has 0 spiro atoms. The molecule has 2 N–H and O–H groups in total. The SMILES string of the molecule is NCC1CN(C(=O)N2CCOCC2)C1. The van der Waals surface area contributed by atoms with Crippen molar-refractivity contribution in [3.63, 3.8) is 0 Å². The highest BCUT2D eigenvalue weighted by Gasteiger charge is 2.32. The maximum absolute atomic E-state index is 11.8. The fourth-order valence-electron chi connectivity index (χ4n) is 1.83. The molecule has 2 aliphatic heterocycles. The Morgan fingerprint density at radius 2 is 1.93 bits per heavy atom. The Bertz CT molecular complexity index is 210. The number of hydrogen-bond donors (Lipinski definition) is 1. The predicted molar refractivity (Wildman–Crippen MR) is 51.9 cm³/mol. The molecule has 0 aliphatic carbocycles. The number of ether oxygens (including phenoxy) is 1. The van der Waals surface area contributed by atoms with E-state index in [1.54, 1.807) is 0 Å². The van der Waals surface area contributed by atoms with Crippen LogP contribution in [0.4, 0.5) is 4.79 Å². The lowest BCUT2D eigenvalue weighted by molar-refractivity contribution is 0.0297. The Kier molecular flexibility index (Phi) is 2.88. The van der Waals surface area contributed by atoms with Gasteiger partial charge in [-0.25, -0.2) is 4.79 Å². The molecule has 0 aromatic carbocycles. The summed E-state index contributed by atoms with van der Waals surface area (Å²) in [6, 6.07) is 0.151. The summed E-state index contributed by atoms with van der Waals surface area (Å²) in [5.41, 5.74) is 5.50. The van der Waals surface area contributed by atoms with Gasteiger partial charge in [-0.05, 0) is 6.54 Å². The average Bonchev–Trinajstić information content (AvgIpc) is 2.17. The molecule has 0 unspecified atom stereocenters. The molecule has 80 valence electrons. The molecule has 2 amide bonds. The van der Waals surface area contributed by atoms with E-state index < -0.39 is 0 Å². The highest BCUT2D eigenvalue weighted by Crippen LogP contribution is 2.16. The molecule has 0 aromatic heterocycles. The van der Waals surface area contributed by atoms with E-state index >= 15 is 0 Å². The van der Waals surface area contributed by atoms with Crippen molar-refractivity contribution < 1.29 is 9.53 Å². The van der Waals surface area contributed by atoms with Gasteiger partial charge in [-0.3, -0.25) is 0 Å². The first-order valence-corrected chi connectivity index (χ1v) is 5.13. The molecule has 2 saturated heterocycles. The lowest BCUT2D eigenvalue weighted by Crippen LogP contribution is -2.58. The normalized spacial score (nSPS) is 23.5. The molecule has 2 aliphatic rings. The van der Waals surface area contributed by atoms with Gasteiger partial charge in [0.05, 0.1) is 13.2 Å². The molecule has 5 nitrogen and oxygen atoms in total. The van der Waals surface area contributed by atoms with Crippen molar-refractivity contribution in [3.05, 3.63) is 0 Å². The van der Waals surface area contributed by atoms with E-state index in [1.165, 1.54) is 0 Å². The van der Waals surface area contributed by atoms with Gasteiger partial charge in [-0.2, -0.15) is 0 Å². The van der Waals surface area contributed by atoms with Crippen LogP contribution >= 0.6 is 0 Å². The molecule has 0 aromatic rings. The molecular weight excluding hydrogens is 182 g/mol. The summed E-state index contributed by atoms with van der Waals surface area (Å²) in [5.74, 6) is 0.514. The summed E-state index contributed by atoms with van der Waals surface area (Å²) in [4.78, 5) is 15.5. The second-order valence-corrected chi connectivity index (χ2v) is 3.89. The van der Waals surface area contributed by atoms with E-state index in [9.17, 15) is 4.79 Å². The molecule has 0 atom stereocenters. The minimum absolute atomic E-state index is 0.151. The summed E-state index contributed by atoms with van der Waals surface area (Å²) < 4.78 is 5.19. The third-order valence-electron chi connectivity index (χ3n) is 2.84. The van der Waals surface area contributed by atoms with Crippen molar-refractivity contribution in [3.8, 4) is 0 Å². The van der Waals surface area contributed by atoms with Gasteiger partial charge in [-0.15, -0.1) is 0 Å². The van der Waals surface area contributed by atoms with Crippen molar-refractivity contribution in [1.82, 2.24) is 9.80 Å². The Balaban J connectivity index is 1.78. The number of morpholine rings is 1. The van der Waals surface area contributed by atoms with Gasteiger partial charge in [0.15, 0.2) is 0 Å². The zero-order chi connectivity index (χ0) is 9.97. The number of amides is 2. The van der Waals surface area contributed by atoms with Gasteiger partial charge in [0, 0.05) is 32.1 Å².